The minimum absolute atomic E-state index is 0.114. The predicted molar refractivity (Wildman–Crippen MR) is 160 cm³/mol. The number of terminal acetylenes is 1. The first kappa shape index (κ1) is 30.1. The van der Waals surface area contributed by atoms with E-state index in [0.717, 1.165) is 80.9 Å². The number of hydrogen-bond acceptors (Lipinski definition) is 6. The Kier molecular flexibility index (Phi) is 8.61. The van der Waals surface area contributed by atoms with Gasteiger partial charge >= 0.3 is 6.03 Å². The summed E-state index contributed by atoms with van der Waals surface area (Å²) in [6.07, 6.45) is 21.6. The Morgan fingerprint density at radius 3 is 2.63 bits per heavy atom. The van der Waals surface area contributed by atoms with Crippen LogP contribution in [0, 0.1) is 51.8 Å². The third-order valence-electron chi connectivity index (χ3n) is 11.6. The Morgan fingerprint density at radius 1 is 1.22 bits per heavy atom. The molecule has 8 nitrogen and oxygen atoms in total. The second-order valence-corrected chi connectivity index (χ2v) is 14.1. The zero-order valence-corrected chi connectivity index (χ0v) is 25.5. The Morgan fingerprint density at radius 2 is 1.95 bits per heavy atom. The molecule has 0 bridgehead atoms. The average molecular weight is 585 g/mol. The fraction of sp³-hybridized carbons (Fsp3) is 0.750. The molecule has 0 spiro atoms. The number of urea groups is 1. The number of aromatic nitrogens is 1. The lowest BCUT2D eigenvalue weighted by Crippen LogP contribution is -2.54. The van der Waals surface area contributed by atoms with Crippen molar-refractivity contribution in [3.05, 3.63) is 28.0 Å². The van der Waals surface area contributed by atoms with Crippen LogP contribution in [0.1, 0.15) is 96.3 Å². The molecule has 2 amide bonds. The van der Waals surface area contributed by atoms with Crippen LogP contribution in [-0.2, 0) is 6.42 Å². The van der Waals surface area contributed by atoms with Crippen LogP contribution in [0.3, 0.4) is 0 Å². The van der Waals surface area contributed by atoms with E-state index in [4.69, 9.17) is 22.5 Å². The Labute approximate surface area is 248 Å². The maximum Gasteiger partial charge on any atom is 0.340 e. The highest BCUT2D eigenvalue weighted by atomic mass is 35.5. The van der Waals surface area contributed by atoms with Crippen LogP contribution in [-0.4, -0.2) is 45.4 Å². The maximum atomic E-state index is 11.6. The SMILES string of the molecule is C#CC1(O)CCC2C3CCC4=Cc5oncc5CC4(C)C3CCC21C.CC1CCC(NC(=O)N(CCCl)N=O)CC1. The number of nitrogens with zero attached hydrogens (tertiary/aromatic N) is 3. The minimum atomic E-state index is -0.909. The zero-order chi connectivity index (χ0) is 29.4. The molecule has 2 N–H and O–H groups in total. The van der Waals surface area contributed by atoms with E-state index in [-0.39, 0.29) is 29.3 Å². The van der Waals surface area contributed by atoms with Crippen molar-refractivity contribution in [1.82, 2.24) is 15.5 Å². The number of aliphatic hydroxyl groups is 1. The van der Waals surface area contributed by atoms with Gasteiger partial charge in [-0.25, -0.2) is 4.79 Å². The highest BCUT2D eigenvalue weighted by molar-refractivity contribution is 6.18. The third-order valence-corrected chi connectivity index (χ3v) is 11.8. The van der Waals surface area contributed by atoms with Gasteiger partial charge in [0, 0.05) is 22.9 Å². The number of fused-ring (bicyclic) bond motifs is 6. The van der Waals surface area contributed by atoms with Crippen molar-refractivity contribution in [2.45, 2.75) is 103 Å². The molecule has 0 saturated heterocycles. The summed E-state index contributed by atoms with van der Waals surface area (Å²) in [4.78, 5) is 22.0. The summed E-state index contributed by atoms with van der Waals surface area (Å²) < 4.78 is 5.43. The molecule has 0 aromatic carbocycles. The van der Waals surface area contributed by atoms with Crippen LogP contribution < -0.4 is 5.32 Å². The second-order valence-electron chi connectivity index (χ2n) is 13.7. The summed E-state index contributed by atoms with van der Waals surface area (Å²) in [5.41, 5.74) is 1.99. The highest BCUT2D eigenvalue weighted by Gasteiger charge is 2.63. The van der Waals surface area contributed by atoms with Gasteiger partial charge in [0.05, 0.1) is 18.0 Å². The summed E-state index contributed by atoms with van der Waals surface area (Å²) in [5.74, 6) is 6.58. The lowest BCUT2D eigenvalue weighted by Gasteiger charge is -2.58. The van der Waals surface area contributed by atoms with Crippen molar-refractivity contribution in [2.75, 3.05) is 12.4 Å². The predicted octanol–water partition coefficient (Wildman–Crippen LogP) is 6.72. The third kappa shape index (κ3) is 5.33. The highest BCUT2D eigenvalue weighted by Crippen LogP contribution is 2.67. The molecule has 1 aromatic rings. The van der Waals surface area contributed by atoms with Crippen molar-refractivity contribution >= 4 is 23.7 Å². The Bertz CT molecular complexity index is 1200. The number of carbonyl (C=O) groups is 1. The number of rotatable bonds is 4. The number of halogens is 1. The van der Waals surface area contributed by atoms with Crippen LogP contribution >= 0.6 is 11.6 Å². The van der Waals surface area contributed by atoms with Gasteiger partial charge in [0.25, 0.3) is 0 Å². The molecule has 5 aliphatic rings. The quantitative estimate of drug-likeness (QED) is 0.177. The first-order chi connectivity index (χ1) is 19.6. The van der Waals surface area contributed by atoms with Gasteiger partial charge in [0.1, 0.15) is 5.60 Å². The summed E-state index contributed by atoms with van der Waals surface area (Å²) in [6, 6.07) is -0.265. The van der Waals surface area contributed by atoms with E-state index >= 15 is 0 Å². The van der Waals surface area contributed by atoms with Crippen molar-refractivity contribution in [1.29, 1.82) is 0 Å². The minimum Gasteiger partial charge on any atom is -0.377 e. The first-order valence-electron chi connectivity index (χ1n) is 15.4. The van der Waals surface area contributed by atoms with Crippen LogP contribution in [0.5, 0.6) is 0 Å². The normalized spacial score (nSPS) is 38.8. The molecule has 5 aliphatic carbocycles. The Balaban J connectivity index is 0.000000184. The van der Waals surface area contributed by atoms with Crippen LogP contribution in [0.25, 0.3) is 6.08 Å². The number of nitroso groups, excluding NO2 is 1. The van der Waals surface area contributed by atoms with Gasteiger partial charge < -0.3 is 14.9 Å². The number of alkyl halides is 1. The van der Waals surface area contributed by atoms with E-state index in [1.165, 1.54) is 12.0 Å². The topological polar surface area (TPSA) is 108 Å². The van der Waals surface area contributed by atoms with Gasteiger partial charge in [-0.2, -0.15) is 5.01 Å². The van der Waals surface area contributed by atoms with Gasteiger partial charge in [-0.1, -0.05) is 37.4 Å². The molecule has 6 atom stereocenters. The van der Waals surface area contributed by atoms with E-state index < -0.39 is 11.6 Å². The summed E-state index contributed by atoms with van der Waals surface area (Å²) >= 11 is 5.46. The maximum absolute atomic E-state index is 11.6. The zero-order valence-electron chi connectivity index (χ0n) is 24.7. The van der Waals surface area contributed by atoms with Crippen molar-refractivity contribution < 1.29 is 14.4 Å². The van der Waals surface area contributed by atoms with Crippen LogP contribution in [0.4, 0.5) is 4.79 Å². The largest absolute Gasteiger partial charge is 0.377 e. The molecule has 1 heterocycles. The summed E-state index contributed by atoms with van der Waals surface area (Å²) in [6.45, 7) is 7.08. The van der Waals surface area contributed by atoms with E-state index in [9.17, 15) is 14.8 Å². The van der Waals surface area contributed by atoms with Crippen molar-refractivity contribution in [2.24, 2.45) is 39.8 Å². The monoisotopic (exact) mass is 584 g/mol. The van der Waals surface area contributed by atoms with Gasteiger partial charge in [0.15, 0.2) is 5.76 Å². The van der Waals surface area contributed by atoms with Gasteiger partial charge in [-0.15, -0.1) is 22.9 Å². The number of hydrogen-bond donors (Lipinski definition) is 2. The van der Waals surface area contributed by atoms with Crippen molar-refractivity contribution in [3.8, 4) is 12.3 Å². The van der Waals surface area contributed by atoms with Gasteiger partial charge in [0.2, 0.25) is 0 Å². The molecule has 4 saturated carbocycles. The molecule has 9 heteroatoms. The van der Waals surface area contributed by atoms with Crippen LogP contribution in [0.15, 0.2) is 21.6 Å². The van der Waals surface area contributed by atoms with E-state index in [1.54, 1.807) is 5.57 Å². The summed E-state index contributed by atoms with van der Waals surface area (Å²) in [7, 11) is 0. The lowest BCUT2D eigenvalue weighted by atomic mass is 9.46. The number of allylic oxidation sites excluding steroid dienone is 1. The fourth-order valence-corrected chi connectivity index (χ4v) is 9.21. The molecule has 0 radical (unpaired) electrons. The molecule has 0 aliphatic heterocycles. The van der Waals surface area contributed by atoms with E-state index in [2.05, 4.69) is 48.5 Å². The molecule has 1 aromatic heterocycles. The fourth-order valence-electron chi connectivity index (χ4n) is 9.05. The molecule has 41 heavy (non-hydrogen) atoms. The van der Waals surface area contributed by atoms with Crippen molar-refractivity contribution in [3.63, 3.8) is 0 Å². The second kappa shape index (κ2) is 11.7. The lowest BCUT2D eigenvalue weighted by molar-refractivity contribution is -0.0975. The molecule has 4 fully saturated rings. The average Bonchev–Trinajstić information content (AvgIpc) is 3.52. The molecular weight excluding hydrogens is 540 g/mol. The smallest absolute Gasteiger partial charge is 0.340 e. The van der Waals surface area contributed by atoms with E-state index in [0.29, 0.717) is 17.8 Å². The van der Waals surface area contributed by atoms with Gasteiger partial charge in [-0.3, -0.25) is 0 Å². The number of nitrogens with one attached hydrogen (secondary N) is 1. The molecule has 224 valence electrons. The van der Waals surface area contributed by atoms with E-state index in [1.807, 2.05) is 6.20 Å². The molecule has 6 unspecified atom stereocenters. The standard InChI is InChI=1S/C22H27NO2.C10H18ClN3O2/c1-4-22(24)10-8-18-16-6-5-15-11-19-14(13-23-25-19)12-20(15,2)17(16)7-9-21(18,22)3;1-8-2-4-9(5-3-8)12-10(15)14(13-16)7-6-11/h1,11,13,16-18,24H,5-10,12H2,2-3H3;8-9H,2-7H2,1H3,(H,12,15). The molecule has 6 rings (SSSR count). The Hall–Kier alpha value is -2.37. The summed E-state index contributed by atoms with van der Waals surface area (Å²) in [5, 5.41) is 21.4. The molecular formula is C32H45ClN4O4. The number of amides is 2. The van der Waals surface area contributed by atoms with Crippen LogP contribution in [0.2, 0.25) is 0 Å². The van der Waals surface area contributed by atoms with Gasteiger partial charge in [-0.05, 0) is 106 Å². The number of carbonyl (C=O) groups excluding carboxylic acids is 1. The first-order valence-corrected chi connectivity index (χ1v) is 15.9.